The van der Waals surface area contributed by atoms with Crippen LogP contribution in [0.25, 0.3) is 0 Å². The molecular formula is C9H13IN2O2. The fraction of sp³-hybridized carbons (Fsp3) is 0.444. The van der Waals surface area contributed by atoms with Gasteiger partial charge in [-0.1, -0.05) is 20.8 Å². The number of amides is 1. The first-order valence-electron chi connectivity index (χ1n) is 4.19. The molecule has 78 valence electrons. The Kier molecular flexibility index (Phi) is 3.08. The molecule has 0 bridgehead atoms. The summed E-state index contributed by atoms with van der Waals surface area (Å²) >= 11 is 1.96. The second-order valence-electron chi connectivity index (χ2n) is 4.09. The van der Waals surface area contributed by atoms with Crippen molar-refractivity contribution in [2.24, 2.45) is 5.41 Å². The van der Waals surface area contributed by atoms with Gasteiger partial charge in [-0.15, -0.1) is 0 Å². The number of aromatic amines is 1. The van der Waals surface area contributed by atoms with Gasteiger partial charge in [-0.3, -0.25) is 4.79 Å². The Labute approximate surface area is 96.2 Å². The molecule has 14 heavy (non-hydrogen) atoms. The molecule has 0 saturated heterocycles. The molecule has 1 rings (SSSR count). The molecule has 1 heterocycles. The largest absolute Gasteiger partial charge is 0.505 e. The van der Waals surface area contributed by atoms with E-state index in [9.17, 15) is 9.90 Å². The number of nitrogens with one attached hydrogen (secondary N) is 2. The first-order valence-corrected chi connectivity index (χ1v) is 5.27. The lowest BCUT2D eigenvalue weighted by Gasteiger charge is -2.16. The predicted octanol–water partition coefficient (Wildman–Crippen LogP) is 2.31. The van der Waals surface area contributed by atoms with Gasteiger partial charge < -0.3 is 15.4 Å². The highest BCUT2D eigenvalue weighted by Gasteiger charge is 2.21. The van der Waals surface area contributed by atoms with E-state index in [1.807, 2.05) is 43.4 Å². The van der Waals surface area contributed by atoms with E-state index in [2.05, 4.69) is 10.3 Å². The van der Waals surface area contributed by atoms with Gasteiger partial charge in [0.25, 0.3) is 0 Å². The summed E-state index contributed by atoms with van der Waals surface area (Å²) in [6, 6.07) is 1.49. The maximum Gasteiger partial charge on any atom is 0.230 e. The zero-order valence-electron chi connectivity index (χ0n) is 8.31. The molecule has 1 aromatic heterocycles. The van der Waals surface area contributed by atoms with Crippen molar-refractivity contribution < 1.29 is 9.90 Å². The van der Waals surface area contributed by atoms with Crippen LogP contribution in [-0.4, -0.2) is 16.0 Å². The summed E-state index contributed by atoms with van der Waals surface area (Å²) in [4.78, 5) is 14.4. The third-order valence-electron chi connectivity index (χ3n) is 1.68. The Bertz CT molecular complexity index is 333. The van der Waals surface area contributed by atoms with E-state index in [0.717, 1.165) is 0 Å². The molecule has 3 N–H and O–H groups in total. The Hall–Kier alpha value is -0.720. The number of anilines is 1. The van der Waals surface area contributed by atoms with Gasteiger partial charge >= 0.3 is 0 Å². The van der Waals surface area contributed by atoms with Gasteiger partial charge in [-0.25, -0.2) is 0 Å². The van der Waals surface area contributed by atoms with E-state index < -0.39 is 5.41 Å². The van der Waals surface area contributed by atoms with Crippen LogP contribution >= 0.6 is 22.6 Å². The molecule has 4 nitrogen and oxygen atoms in total. The van der Waals surface area contributed by atoms with Gasteiger partial charge in [0, 0.05) is 11.5 Å². The highest BCUT2D eigenvalue weighted by Crippen LogP contribution is 2.24. The topological polar surface area (TPSA) is 65.1 Å². The molecule has 1 aromatic rings. The summed E-state index contributed by atoms with van der Waals surface area (Å²) in [5.41, 5.74) is -0.438. The fourth-order valence-corrected chi connectivity index (χ4v) is 1.24. The monoisotopic (exact) mass is 308 g/mol. The van der Waals surface area contributed by atoms with Crippen LogP contribution in [0.1, 0.15) is 20.8 Å². The average molecular weight is 308 g/mol. The molecule has 5 heteroatoms. The minimum atomic E-state index is -0.438. The molecule has 1 amide bonds. The van der Waals surface area contributed by atoms with Crippen molar-refractivity contribution in [3.05, 3.63) is 9.77 Å². The van der Waals surface area contributed by atoms with Gasteiger partial charge in [0.15, 0.2) is 0 Å². The lowest BCUT2D eigenvalue weighted by molar-refractivity contribution is -0.123. The lowest BCUT2D eigenvalue weighted by atomic mass is 9.96. The first kappa shape index (κ1) is 11.4. The number of hydrogen-bond donors (Lipinski definition) is 3. The number of aromatic hydroxyl groups is 1. The summed E-state index contributed by atoms with van der Waals surface area (Å²) in [5, 5.41) is 11.9. The molecule has 0 radical (unpaired) electrons. The van der Waals surface area contributed by atoms with Crippen molar-refractivity contribution >= 4 is 34.3 Å². The van der Waals surface area contributed by atoms with Crippen LogP contribution < -0.4 is 5.32 Å². The highest BCUT2D eigenvalue weighted by atomic mass is 127. The summed E-state index contributed by atoms with van der Waals surface area (Å²) < 4.78 is 0.617. The van der Waals surface area contributed by atoms with Crippen LogP contribution in [0.15, 0.2) is 6.07 Å². The number of carbonyl (C=O) groups is 1. The number of rotatable bonds is 1. The number of hydrogen-bond acceptors (Lipinski definition) is 2. The summed E-state index contributed by atoms with van der Waals surface area (Å²) in [6.07, 6.45) is 0. The molecule has 0 aromatic carbocycles. The maximum atomic E-state index is 11.5. The van der Waals surface area contributed by atoms with E-state index in [-0.39, 0.29) is 11.7 Å². The maximum absolute atomic E-state index is 11.5. The summed E-state index contributed by atoms with van der Waals surface area (Å²) in [6.45, 7) is 5.49. The van der Waals surface area contributed by atoms with Crippen LogP contribution in [0.2, 0.25) is 0 Å². The number of H-pyrrole nitrogens is 1. The highest BCUT2D eigenvalue weighted by molar-refractivity contribution is 14.1. The zero-order chi connectivity index (χ0) is 10.9. The Morgan fingerprint density at radius 3 is 2.50 bits per heavy atom. The average Bonchev–Trinajstić information content (AvgIpc) is 2.29. The van der Waals surface area contributed by atoms with Crippen molar-refractivity contribution in [2.45, 2.75) is 20.8 Å². The number of aromatic nitrogens is 1. The third kappa shape index (κ3) is 2.63. The molecule has 0 aliphatic heterocycles. The number of carbonyl (C=O) groups excluding carboxylic acids is 1. The van der Waals surface area contributed by atoms with E-state index in [0.29, 0.717) is 9.52 Å². The van der Waals surface area contributed by atoms with Crippen LogP contribution in [0, 0.1) is 9.12 Å². The second kappa shape index (κ2) is 3.80. The minimum Gasteiger partial charge on any atom is -0.505 e. The molecule has 0 atom stereocenters. The Morgan fingerprint density at radius 2 is 2.14 bits per heavy atom. The van der Waals surface area contributed by atoms with Gasteiger partial charge in [-0.05, 0) is 22.6 Å². The van der Waals surface area contributed by atoms with Gasteiger partial charge in [0.2, 0.25) is 5.91 Å². The lowest BCUT2D eigenvalue weighted by Crippen LogP contribution is -2.27. The molecule has 0 aliphatic rings. The molecule has 0 fully saturated rings. The second-order valence-corrected chi connectivity index (χ2v) is 5.17. The first-order chi connectivity index (χ1) is 6.30. The van der Waals surface area contributed by atoms with E-state index in [1.165, 1.54) is 6.07 Å². The third-order valence-corrected chi connectivity index (χ3v) is 2.50. The van der Waals surface area contributed by atoms with Crippen molar-refractivity contribution in [3.63, 3.8) is 0 Å². The van der Waals surface area contributed by atoms with E-state index >= 15 is 0 Å². The van der Waals surface area contributed by atoms with Gasteiger partial charge in [-0.2, -0.15) is 0 Å². The van der Waals surface area contributed by atoms with Gasteiger partial charge in [0.1, 0.15) is 15.3 Å². The van der Waals surface area contributed by atoms with Crippen molar-refractivity contribution in [2.75, 3.05) is 5.32 Å². The predicted molar refractivity (Wildman–Crippen MR) is 63.3 cm³/mol. The normalized spacial score (nSPS) is 11.4. The van der Waals surface area contributed by atoms with Crippen molar-refractivity contribution in [1.29, 1.82) is 0 Å². The minimum absolute atomic E-state index is 0.0878. The van der Waals surface area contributed by atoms with Crippen molar-refractivity contribution in [1.82, 2.24) is 4.98 Å². The quantitative estimate of drug-likeness (QED) is 0.697. The van der Waals surface area contributed by atoms with E-state index in [4.69, 9.17) is 0 Å². The van der Waals surface area contributed by atoms with Gasteiger partial charge in [0.05, 0.1) is 0 Å². The van der Waals surface area contributed by atoms with Crippen LogP contribution in [0.4, 0.5) is 5.82 Å². The number of halogens is 1. The molecule has 0 spiro atoms. The Morgan fingerprint density at radius 1 is 1.57 bits per heavy atom. The summed E-state index contributed by atoms with van der Waals surface area (Å²) in [7, 11) is 0. The molecule has 0 unspecified atom stereocenters. The summed E-state index contributed by atoms with van der Waals surface area (Å²) in [5.74, 6) is 0.580. The Balaban J connectivity index is 2.75. The zero-order valence-corrected chi connectivity index (χ0v) is 10.5. The SMILES string of the molecule is CC(C)(C)C(=O)Nc1cc(O)c(I)[nH]1. The smallest absolute Gasteiger partial charge is 0.230 e. The van der Waals surface area contributed by atoms with Crippen LogP contribution in [0.5, 0.6) is 5.75 Å². The molecule has 0 saturated carbocycles. The van der Waals surface area contributed by atoms with Crippen LogP contribution in [-0.2, 0) is 4.79 Å². The molecular weight excluding hydrogens is 295 g/mol. The van der Waals surface area contributed by atoms with E-state index in [1.54, 1.807) is 0 Å². The standard InChI is InChI=1S/C9H13IN2O2/c1-9(2,3)8(14)12-6-4-5(13)7(10)11-6/h4,11,13H,1-3H3,(H,12,14). The molecule has 0 aliphatic carbocycles. The fourth-order valence-electron chi connectivity index (χ4n) is 0.796. The van der Waals surface area contributed by atoms with Crippen LogP contribution in [0.3, 0.4) is 0 Å². The van der Waals surface area contributed by atoms with Crippen molar-refractivity contribution in [3.8, 4) is 5.75 Å².